The van der Waals surface area contributed by atoms with Crippen molar-refractivity contribution in [3.63, 3.8) is 0 Å². The first-order chi connectivity index (χ1) is 9.45. The van der Waals surface area contributed by atoms with Crippen LogP contribution in [0.4, 0.5) is 5.69 Å². The second-order valence-corrected chi connectivity index (χ2v) is 6.64. The Hall–Kier alpha value is -1.33. The third-order valence-electron chi connectivity index (χ3n) is 3.03. The smallest absolute Gasteiger partial charge is 0.266 e. The van der Waals surface area contributed by atoms with Crippen LogP contribution in [0.2, 0.25) is 0 Å². The molecule has 0 saturated heterocycles. The molecule has 0 spiro atoms. The van der Waals surface area contributed by atoms with Gasteiger partial charge in [0.2, 0.25) is 0 Å². The van der Waals surface area contributed by atoms with Gasteiger partial charge in [-0.1, -0.05) is 34.1 Å². The molecule has 2 aromatic rings. The second kappa shape index (κ2) is 5.97. The van der Waals surface area contributed by atoms with E-state index in [1.165, 1.54) is 11.3 Å². The Morgan fingerprint density at radius 1 is 1.50 bits per heavy atom. The molecule has 3 nitrogen and oxygen atoms in total. The molecule has 0 unspecified atom stereocenters. The van der Waals surface area contributed by atoms with Gasteiger partial charge < -0.3 is 10.6 Å². The van der Waals surface area contributed by atoms with Gasteiger partial charge in [0.1, 0.15) is 4.88 Å². The molecule has 0 atom stereocenters. The van der Waals surface area contributed by atoms with Crippen molar-refractivity contribution in [1.29, 1.82) is 0 Å². The zero-order valence-corrected chi connectivity index (χ0v) is 14.0. The molecule has 1 amide bonds. The van der Waals surface area contributed by atoms with Crippen molar-refractivity contribution in [1.82, 2.24) is 4.90 Å². The number of nitrogen functional groups attached to an aromatic ring is 1. The molecule has 1 aromatic heterocycles. The van der Waals surface area contributed by atoms with E-state index in [2.05, 4.69) is 22.5 Å². The van der Waals surface area contributed by atoms with Crippen molar-refractivity contribution in [3.8, 4) is 0 Å². The number of likely N-dealkylation sites (N-methyl/N-ethyl adjacent to an activating group) is 1. The summed E-state index contributed by atoms with van der Waals surface area (Å²) >= 11 is 4.93. The Kier molecular flexibility index (Phi) is 4.50. The van der Waals surface area contributed by atoms with Gasteiger partial charge in [-0.25, -0.2) is 0 Å². The monoisotopic (exact) mass is 352 g/mol. The van der Waals surface area contributed by atoms with E-state index >= 15 is 0 Å². The molecule has 0 bridgehead atoms. The van der Waals surface area contributed by atoms with Crippen LogP contribution in [0.15, 0.2) is 34.8 Å². The third-order valence-corrected chi connectivity index (χ3v) is 4.84. The van der Waals surface area contributed by atoms with Crippen molar-refractivity contribution in [2.75, 3.05) is 18.8 Å². The predicted molar refractivity (Wildman–Crippen MR) is 90.3 cm³/mol. The molecule has 1 aromatic carbocycles. The number of nitrogens with two attached hydrogens (primary N) is 1. The largest absolute Gasteiger partial charge is 0.397 e. The molecular formula is C15H17BrN2OS. The number of amides is 1. The first-order valence-corrected chi connectivity index (χ1v) is 7.96. The number of carbonyl (C=O) groups is 1. The third kappa shape index (κ3) is 2.74. The summed E-state index contributed by atoms with van der Waals surface area (Å²) in [5, 5.41) is 0.923. The van der Waals surface area contributed by atoms with E-state index in [1.54, 1.807) is 4.90 Å². The highest BCUT2D eigenvalue weighted by Crippen LogP contribution is 2.38. The lowest BCUT2D eigenvalue weighted by Crippen LogP contribution is -2.32. The van der Waals surface area contributed by atoms with Crippen LogP contribution < -0.4 is 5.73 Å². The Morgan fingerprint density at radius 3 is 2.75 bits per heavy atom. The molecule has 0 aliphatic rings. The zero-order chi connectivity index (χ0) is 14.9. The van der Waals surface area contributed by atoms with Crippen LogP contribution in [-0.4, -0.2) is 23.9 Å². The van der Waals surface area contributed by atoms with Gasteiger partial charge in [0.25, 0.3) is 5.91 Å². The summed E-state index contributed by atoms with van der Waals surface area (Å²) in [5.41, 5.74) is 7.69. The van der Waals surface area contributed by atoms with Gasteiger partial charge in [-0.15, -0.1) is 11.3 Å². The number of rotatable bonds is 4. The molecule has 0 saturated carbocycles. The number of nitrogens with zero attached hydrogens (tertiary/aromatic N) is 1. The van der Waals surface area contributed by atoms with Crippen molar-refractivity contribution in [2.24, 2.45) is 0 Å². The molecule has 1 heterocycles. The van der Waals surface area contributed by atoms with Gasteiger partial charge in [0.05, 0.1) is 5.69 Å². The number of carbonyl (C=O) groups excluding carboxylic acids is 1. The van der Waals surface area contributed by atoms with Gasteiger partial charge >= 0.3 is 0 Å². The van der Waals surface area contributed by atoms with E-state index in [9.17, 15) is 4.79 Å². The lowest BCUT2D eigenvalue weighted by molar-refractivity contribution is 0.0784. The fraction of sp³-hybridized carbons (Fsp3) is 0.267. The van der Waals surface area contributed by atoms with E-state index in [0.717, 1.165) is 20.1 Å². The number of anilines is 1. The Morgan fingerprint density at radius 2 is 2.20 bits per heavy atom. The summed E-state index contributed by atoms with van der Waals surface area (Å²) < 4.78 is 1.94. The molecule has 0 fully saturated rings. The van der Waals surface area contributed by atoms with E-state index < -0.39 is 0 Å². The fourth-order valence-corrected chi connectivity index (χ4v) is 3.91. The molecular weight excluding hydrogens is 336 g/mol. The SMILES string of the molecule is C=C(C)CN(CC)C(=O)c1sc2cccc(Br)c2c1N. The Bertz CT molecular complexity index is 678. The highest BCUT2D eigenvalue weighted by molar-refractivity contribution is 9.10. The van der Waals surface area contributed by atoms with Gasteiger partial charge in [-0.2, -0.15) is 0 Å². The lowest BCUT2D eigenvalue weighted by atomic mass is 10.2. The molecule has 106 valence electrons. The van der Waals surface area contributed by atoms with Gasteiger partial charge in [-0.3, -0.25) is 4.79 Å². The number of hydrogen-bond acceptors (Lipinski definition) is 3. The molecule has 2 N–H and O–H groups in total. The van der Waals surface area contributed by atoms with Crippen molar-refractivity contribution in [2.45, 2.75) is 13.8 Å². The highest BCUT2D eigenvalue weighted by atomic mass is 79.9. The number of benzene rings is 1. The second-order valence-electron chi connectivity index (χ2n) is 4.73. The molecule has 5 heteroatoms. The minimum absolute atomic E-state index is 0.0268. The maximum absolute atomic E-state index is 12.6. The van der Waals surface area contributed by atoms with Gasteiger partial charge in [-0.05, 0) is 26.0 Å². The fourth-order valence-electron chi connectivity index (χ4n) is 2.08. The normalized spacial score (nSPS) is 10.8. The van der Waals surface area contributed by atoms with Crippen LogP contribution in [0, 0.1) is 0 Å². The van der Waals surface area contributed by atoms with Crippen LogP contribution in [0.25, 0.3) is 10.1 Å². The van der Waals surface area contributed by atoms with Crippen LogP contribution in [0.3, 0.4) is 0 Å². The van der Waals surface area contributed by atoms with Crippen molar-refractivity contribution >= 4 is 48.9 Å². The Balaban J connectivity index is 2.47. The quantitative estimate of drug-likeness (QED) is 0.834. The van der Waals surface area contributed by atoms with E-state index in [1.807, 2.05) is 32.0 Å². The summed E-state index contributed by atoms with van der Waals surface area (Å²) in [6, 6.07) is 5.86. The van der Waals surface area contributed by atoms with Gasteiger partial charge in [0, 0.05) is 27.6 Å². The topological polar surface area (TPSA) is 46.3 Å². The van der Waals surface area contributed by atoms with Crippen molar-refractivity contribution < 1.29 is 4.79 Å². The van der Waals surface area contributed by atoms with Crippen LogP contribution in [0.5, 0.6) is 0 Å². The summed E-state index contributed by atoms with van der Waals surface area (Å²) in [6.07, 6.45) is 0. The molecule has 0 aliphatic heterocycles. The molecule has 0 aliphatic carbocycles. The summed E-state index contributed by atoms with van der Waals surface area (Å²) in [6.45, 7) is 8.94. The maximum atomic E-state index is 12.6. The minimum Gasteiger partial charge on any atom is -0.397 e. The van der Waals surface area contributed by atoms with Crippen LogP contribution in [-0.2, 0) is 0 Å². The lowest BCUT2D eigenvalue weighted by Gasteiger charge is -2.20. The van der Waals surface area contributed by atoms with Crippen LogP contribution in [0.1, 0.15) is 23.5 Å². The average molecular weight is 353 g/mol. The Labute approximate surface area is 131 Å². The van der Waals surface area contributed by atoms with Gasteiger partial charge in [0.15, 0.2) is 0 Å². The number of thiophene rings is 1. The molecule has 20 heavy (non-hydrogen) atoms. The van der Waals surface area contributed by atoms with Crippen LogP contribution >= 0.6 is 27.3 Å². The van der Waals surface area contributed by atoms with E-state index in [4.69, 9.17) is 5.73 Å². The summed E-state index contributed by atoms with van der Waals surface area (Å²) in [4.78, 5) is 15.0. The average Bonchev–Trinajstić information content (AvgIpc) is 2.73. The minimum atomic E-state index is -0.0268. The number of halogens is 1. The standard InChI is InChI=1S/C15H17BrN2OS/c1-4-18(8-9(2)3)15(19)14-13(17)12-10(16)6-5-7-11(12)20-14/h5-7H,2,4,8,17H2,1,3H3. The summed E-state index contributed by atoms with van der Waals surface area (Å²) in [7, 11) is 0. The predicted octanol–water partition coefficient (Wildman–Crippen LogP) is 4.28. The zero-order valence-electron chi connectivity index (χ0n) is 11.6. The number of fused-ring (bicyclic) bond motifs is 1. The molecule has 0 radical (unpaired) electrons. The van der Waals surface area contributed by atoms with E-state index in [0.29, 0.717) is 23.7 Å². The maximum Gasteiger partial charge on any atom is 0.266 e. The summed E-state index contributed by atoms with van der Waals surface area (Å²) in [5.74, 6) is -0.0268. The first kappa shape index (κ1) is 15.1. The van der Waals surface area contributed by atoms with Crippen molar-refractivity contribution in [3.05, 3.63) is 39.7 Å². The number of hydrogen-bond donors (Lipinski definition) is 1. The molecule has 2 rings (SSSR count). The highest BCUT2D eigenvalue weighted by Gasteiger charge is 2.22. The first-order valence-electron chi connectivity index (χ1n) is 6.35. The van der Waals surface area contributed by atoms with E-state index in [-0.39, 0.29) is 5.91 Å².